The molecule has 3 aliphatic rings. The third-order valence-electron chi connectivity index (χ3n) is 10.1. The van der Waals surface area contributed by atoms with Crippen LogP contribution in [0.2, 0.25) is 0 Å². The summed E-state index contributed by atoms with van der Waals surface area (Å²) in [5.41, 5.74) is 1.90. The highest BCUT2D eigenvalue weighted by atomic mass is 32.2. The number of fused-ring (bicyclic) bond motifs is 1. The Labute approximate surface area is 314 Å². The number of anilines is 3. The third-order valence-corrected chi connectivity index (χ3v) is 11.0. The molecule has 0 bridgehead atoms. The number of aromatic nitrogens is 4. The summed E-state index contributed by atoms with van der Waals surface area (Å²) < 4.78 is 24.7. The van der Waals surface area contributed by atoms with E-state index in [2.05, 4.69) is 26.3 Å². The van der Waals surface area contributed by atoms with Gasteiger partial charge < -0.3 is 51.2 Å². The van der Waals surface area contributed by atoms with Crippen LogP contribution in [0.25, 0.3) is 11.2 Å². The fourth-order valence-corrected chi connectivity index (χ4v) is 7.80. The second kappa shape index (κ2) is 15.4. The minimum absolute atomic E-state index is 0.0456. The van der Waals surface area contributed by atoms with Gasteiger partial charge in [-0.25, -0.2) is 28.1 Å². The van der Waals surface area contributed by atoms with E-state index in [0.717, 1.165) is 10.5 Å². The van der Waals surface area contributed by atoms with Gasteiger partial charge in [0.25, 0.3) is 5.91 Å². The Morgan fingerprint density at radius 3 is 2.42 bits per heavy atom. The number of hydrogen-bond donors (Lipinski definition) is 9. The molecule has 5 amide bonds. The maximum atomic E-state index is 12.9. The quantitative estimate of drug-likeness (QED) is 0.0767. The molecule has 1 aliphatic carbocycles. The zero-order valence-electron chi connectivity index (χ0n) is 29.3. The summed E-state index contributed by atoms with van der Waals surface area (Å²) >= 11 is 0. The maximum Gasteiger partial charge on any atom is 0.325 e. The molecule has 4 aromatic rings. The number of nitrogens with one attached hydrogen (secondary N) is 4. The first-order valence-corrected chi connectivity index (χ1v) is 19.1. The van der Waals surface area contributed by atoms with Crippen molar-refractivity contribution < 1.29 is 43.2 Å². The molecule has 1 saturated carbocycles. The SMILES string of the molecule is NS(=O)(=O)c1ccc(NC(=O)NC2CCN(c3nc(N[C@H](CO)Cc4ccccc4)c4ncn([C@@H]5C[C@H](N6C(=O)NC(CO)C6=O)[C@@H](O)[C@H]5O)c4n3)C2)cc1. The number of nitrogens with two attached hydrogens (primary N) is 1. The molecule has 55 heavy (non-hydrogen) atoms. The number of aliphatic hydroxyl groups is 4. The first-order valence-electron chi connectivity index (χ1n) is 17.6. The highest BCUT2D eigenvalue weighted by Gasteiger charge is 2.52. The number of urea groups is 2. The van der Waals surface area contributed by atoms with Crippen LogP contribution < -0.4 is 31.3 Å². The number of carbonyl (C=O) groups excluding carboxylic acids is 3. The number of aliphatic hydroxyl groups excluding tert-OH is 4. The summed E-state index contributed by atoms with van der Waals surface area (Å²) in [4.78, 5) is 55.2. The molecule has 2 unspecified atom stereocenters. The second-order valence-electron chi connectivity index (χ2n) is 13.8. The summed E-state index contributed by atoms with van der Waals surface area (Å²) in [6.45, 7) is -0.131. The van der Waals surface area contributed by atoms with Crippen molar-refractivity contribution in [3.63, 3.8) is 0 Å². The van der Waals surface area contributed by atoms with Crippen LogP contribution in [0, 0.1) is 0 Å². The molecule has 4 heterocycles. The summed E-state index contributed by atoms with van der Waals surface area (Å²) in [6.07, 6.45) is -0.602. The average molecular weight is 780 g/mol. The van der Waals surface area contributed by atoms with Crippen LogP contribution in [-0.2, 0) is 21.2 Å². The van der Waals surface area contributed by atoms with Gasteiger partial charge in [0.1, 0.15) is 18.2 Å². The highest BCUT2D eigenvalue weighted by Crippen LogP contribution is 2.38. The number of carbonyl (C=O) groups is 3. The first kappa shape index (κ1) is 37.8. The van der Waals surface area contributed by atoms with Gasteiger partial charge in [0.05, 0.1) is 42.6 Å². The maximum absolute atomic E-state index is 12.9. The lowest BCUT2D eigenvalue weighted by Crippen LogP contribution is -2.47. The predicted molar refractivity (Wildman–Crippen MR) is 196 cm³/mol. The summed E-state index contributed by atoms with van der Waals surface area (Å²) in [5, 5.41) is 58.7. The van der Waals surface area contributed by atoms with Gasteiger partial charge in [-0.2, -0.15) is 9.97 Å². The van der Waals surface area contributed by atoms with Gasteiger partial charge in [0, 0.05) is 24.8 Å². The largest absolute Gasteiger partial charge is 0.394 e. The van der Waals surface area contributed by atoms with Crippen molar-refractivity contribution in [3.05, 3.63) is 66.5 Å². The molecule has 2 aromatic carbocycles. The van der Waals surface area contributed by atoms with Gasteiger partial charge in [-0.1, -0.05) is 30.3 Å². The normalized spacial score (nSPS) is 24.7. The topological polar surface area (TPSA) is 290 Å². The van der Waals surface area contributed by atoms with Crippen LogP contribution in [-0.4, -0.2) is 134 Å². The van der Waals surface area contributed by atoms with E-state index in [1.54, 1.807) is 4.57 Å². The monoisotopic (exact) mass is 779 g/mol. The van der Waals surface area contributed by atoms with E-state index in [4.69, 9.17) is 15.1 Å². The molecule has 2 aliphatic heterocycles. The van der Waals surface area contributed by atoms with E-state index < -0.39 is 71.0 Å². The average Bonchev–Trinajstić information content (AvgIpc) is 3.93. The molecule has 0 radical (unpaired) electrons. The van der Waals surface area contributed by atoms with Crippen LogP contribution in [0.3, 0.4) is 0 Å². The van der Waals surface area contributed by atoms with Crippen molar-refractivity contribution in [2.75, 3.05) is 41.8 Å². The molecular weight excluding hydrogens is 739 g/mol. The molecule has 20 nitrogen and oxygen atoms in total. The summed E-state index contributed by atoms with van der Waals surface area (Å²) in [5.74, 6) is -0.175. The predicted octanol–water partition coefficient (Wildman–Crippen LogP) is -1.16. The highest BCUT2D eigenvalue weighted by molar-refractivity contribution is 7.89. The number of hydrogen-bond acceptors (Lipinski definition) is 14. The lowest BCUT2D eigenvalue weighted by atomic mass is 10.1. The van der Waals surface area contributed by atoms with Gasteiger partial charge in [-0.05, 0) is 49.1 Å². The molecule has 2 aromatic heterocycles. The molecule has 0 spiro atoms. The fourth-order valence-electron chi connectivity index (χ4n) is 7.29. The van der Waals surface area contributed by atoms with Crippen molar-refractivity contribution >= 4 is 56.6 Å². The second-order valence-corrected chi connectivity index (χ2v) is 15.3. The minimum atomic E-state index is -3.89. The zero-order chi connectivity index (χ0) is 39.0. The van der Waals surface area contributed by atoms with Crippen LogP contribution in [0.1, 0.15) is 24.4 Å². The van der Waals surface area contributed by atoms with E-state index in [1.165, 1.54) is 30.6 Å². The van der Waals surface area contributed by atoms with E-state index in [9.17, 15) is 43.2 Å². The number of imidazole rings is 1. The number of primary sulfonamides is 1. The van der Waals surface area contributed by atoms with E-state index in [-0.39, 0.29) is 41.4 Å². The summed E-state index contributed by atoms with van der Waals surface area (Å²) in [7, 11) is -3.89. The van der Waals surface area contributed by atoms with E-state index in [1.807, 2.05) is 35.2 Å². The van der Waals surface area contributed by atoms with Crippen molar-refractivity contribution in [1.29, 1.82) is 0 Å². The number of rotatable bonds is 12. The van der Waals surface area contributed by atoms with Gasteiger partial charge in [-0.3, -0.25) is 9.69 Å². The molecule has 21 heteroatoms. The number of amides is 5. The van der Waals surface area contributed by atoms with Crippen LogP contribution >= 0.6 is 0 Å². The lowest BCUT2D eigenvalue weighted by molar-refractivity contribution is -0.131. The van der Waals surface area contributed by atoms with Crippen molar-refractivity contribution in [2.45, 2.75) is 66.6 Å². The summed E-state index contributed by atoms with van der Waals surface area (Å²) in [6, 6.07) is 9.69. The molecule has 2 saturated heterocycles. The smallest absolute Gasteiger partial charge is 0.325 e. The van der Waals surface area contributed by atoms with Gasteiger partial charge in [0.2, 0.25) is 16.0 Å². The van der Waals surface area contributed by atoms with Crippen LogP contribution in [0.15, 0.2) is 65.8 Å². The zero-order valence-corrected chi connectivity index (χ0v) is 30.1. The molecule has 7 atom stereocenters. The number of sulfonamides is 1. The first-order chi connectivity index (χ1) is 26.3. The Bertz CT molecular complexity index is 2170. The molecule has 292 valence electrons. The van der Waals surface area contributed by atoms with E-state index in [0.29, 0.717) is 37.1 Å². The Morgan fingerprint density at radius 2 is 1.75 bits per heavy atom. The van der Waals surface area contributed by atoms with E-state index >= 15 is 0 Å². The lowest BCUT2D eigenvalue weighted by Gasteiger charge is -2.24. The Kier molecular flexibility index (Phi) is 10.6. The van der Waals surface area contributed by atoms with Gasteiger partial charge in [0.15, 0.2) is 17.0 Å². The third kappa shape index (κ3) is 7.74. The fraction of sp³-hybridized carbons (Fsp3) is 0.412. The molecular formula is C34H41N11O9S. The molecule has 3 fully saturated rings. The van der Waals surface area contributed by atoms with Crippen molar-refractivity contribution in [1.82, 2.24) is 35.1 Å². The van der Waals surface area contributed by atoms with Crippen LogP contribution in [0.4, 0.5) is 27.0 Å². The van der Waals surface area contributed by atoms with Crippen molar-refractivity contribution in [2.24, 2.45) is 5.14 Å². The molecule has 7 rings (SSSR count). The number of imide groups is 1. The standard InChI is InChI=1S/C34H41N11O9S/c35-55(53,54)22-8-6-19(7-9-22)38-33(51)39-20-10-11-43(14-20)32-41-29(37-21(15-46)12-18-4-2-1-3-5-18)26-30(42-32)44(17-36-26)24-13-25(28(49)27(24)48)45-31(50)23(16-47)40-34(45)52/h1-9,17,20-21,23-25,27-28,46-49H,10-16H2,(H,40,52)(H2,35,53,54)(H,37,41,42)(H2,38,39,51)/t20?,21-,23?,24+,25-,27-,28+/m0/s1. The van der Waals surface area contributed by atoms with Gasteiger partial charge in [-0.15, -0.1) is 0 Å². The minimum Gasteiger partial charge on any atom is -0.394 e. The number of benzene rings is 2. The van der Waals surface area contributed by atoms with Crippen molar-refractivity contribution in [3.8, 4) is 0 Å². The van der Waals surface area contributed by atoms with Crippen LogP contribution in [0.5, 0.6) is 0 Å². The van der Waals surface area contributed by atoms with Gasteiger partial charge >= 0.3 is 12.1 Å². The number of nitrogens with zero attached hydrogens (tertiary/aromatic N) is 6. The Hall–Kier alpha value is -5.45. The molecule has 10 N–H and O–H groups in total. The Morgan fingerprint density at radius 1 is 1.02 bits per heavy atom. The Balaban J connectivity index is 1.15.